The Hall–Kier alpha value is -2.95. The van der Waals surface area contributed by atoms with Crippen molar-refractivity contribution in [3.05, 3.63) is 53.6 Å². The van der Waals surface area contributed by atoms with Gasteiger partial charge in [-0.1, -0.05) is 18.2 Å². The Balaban J connectivity index is 1.88. The summed E-state index contributed by atoms with van der Waals surface area (Å²) in [5.41, 5.74) is 5.56. The van der Waals surface area contributed by atoms with Crippen LogP contribution in [0.15, 0.2) is 42.5 Å². The van der Waals surface area contributed by atoms with E-state index in [-0.39, 0.29) is 0 Å². The molecule has 25 heavy (non-hydrogen) atoms. The van der Waals surface area contributed by atoms with Crippen molar-refractivity contribution < 1.29 is 9.47 Å². The highest BCUT2D eigenvalue weighted by Gasteiger charge is 2.25. The number of hydrogen-bond donors (Lipinski definition) is 1. The molecule has 1 N–H and O–H groups in total. The average Bonchev–Trinajstić information content (AvgIpc) is 3.24. The number of hydrogen-bond acceptors (Lipinski definition) is 4. The first kappa shape index (κ1) is 15.6. The van der Waals surface area contributed by atoms with Crippen molar-refractivity contribution in [2.75, 3.05) is 26.1 Å². The molecular formula is C20H21N3O2. The molecule has 128 valence electrons. The number of nitrogens with zero attached hydrogens (tertiary/aromatic N) is 2. The molecule has 0 saturated carbocycles. The molecule has 0 fully saturated rings. The molecule has 0 aliphatic carbocycles. The molecule has 5 heteroatoms. The van der Waals surface area contributed by atoms with E-state index in [9.17, 15) is 0 Å². The molecule has 0 bridgehead atoms. The summed E-state index contributed by atoms with van der Waals surface area (Å²) in [6.45, 7) is 3.04. The summed E-state index contributed by atoms with van der Waals surface area (Å²) in [4.78, 5) is 0. The first-order chi connectivity index (χ1) is 12.2. The van der Waals surface area contributed by atoms with Crippen LogP contribution in [0.3, 0.4) is 0 Å². The second-order valence-corrected chi connectivity index (χ2v) is 6.12. The fourth-order valence-electron chi connectivity index (χ4n) is 3.37. The molecule has 2 aromatic carbocycles. The van der Waals surface area contributed by atoms with Crippen molar-refractivity contribution in [1.82, 2.24) is 9.78 Å². The smallest absolute Gasteiger partial charge is 0.161 e. The summed E-state index contributed by atoms with van der Waals surface area (Å²) in [5, 5.41) is 8.40. The molecule has 5 nitrogen and oxygen atoms in total. The predicted octanol–water partition coefficient (Wildman–Crippen LogP) is 3.83. The van der Waals surface area contributed by atoms with Crippen LogP contribution in [0.5, 0.6) is 11.5 Å². The Morgan fingerprint density at radius 1 is 1.04 bits per heavy atom. The minimum absolute atomic E-state index is 0.713. The largest absolute Gasteiger partial charge is 0.493 e. The summed E-state index contributed by atoms with van der Waals surface area (Å²) in [5.74, 6) is 2.52. The summed E-state index contributed by atoms with van der Waals surface area (Å²) in [6, 6.07) is 14.2. The molecule has 0 radical (unpaired) electrons. The molecule has 1 aliphatic heterocycles. The number of aromatic nitrogens is 2. The highest BCUT2D eigenvalue weighted by atomic mass is 16.5. The quantitative estimate of drug-likeness (QED) is 0.787. The summed E-state index contributed by atoms with van der Waals surface area (Å²) in [6.07, 6.45) is 0.963. The van der Waals surface area contributed by atoms with Crippen molar-refractivity contribution >= 4 is 5.82 Å². The van der Waals surface area contributed by atoms with Gasteiger partial charge < -0.3 is 14.8 Å². The van der Waals surface area contributed by atoms with Gasteiger partial charge in [-0.25, -0.2) is 4.68 Å². The van der Waals surface area contributed by atoms with Gasteiger partial charge in [-0.05, 0) is 43.2 Å². The minimum Gasteiger partial charge on any atom is -0.493 e. The van der Waals surface area contributed by atoms with Crippen LogP contribution in [0.1, 0.15) is 11.1 Å². The highest BCUT2D eigenvalue weighted by Crippen LogP contribution is 2.38. The average molecular weight is 335 g/mol. The monoisotopic (exact) mass is 335 g/mol. The van der Waals surface area contributed by atoms with E-state index in [2.05, 4.69) is 24.4 Å². The number of anilines is 1. The van der Waals surface area contributed by atoms with E-state index in [0.29, 0.717) is 5.75 Å². The Kier molecular flexibility index (Phi) is 3.84. The van der Waals surface area contributed by atoms with Gasteiger partial charge in [0.15, 0.2) is 11.5 Å². The lowest BCUT2D eigenvalue weighted by Crippen LogP contribution is -2.05. The van der Waals surface area contributed by atoms with Crippen LogP contribution < -0.4 is 14.8 Å². The highest BCUT2D eigenvalue weighted by molar-refractivity contribution is 5.74. The van der Waals surface area contributed by atoms with Gasteiger partial charge >= 0.3 is 0 Å². The van der Waals surface area contributed by atoms with Crippen molar-refractivity contribution in [2.24, 2.45) is 0 Å². The molecule has 0 spiro atoms. The van der Waals surface area contributed by atoms with Crippen molar-refractivity contribution in [1.29, 1.82) is 0 Å². The normalized spacial score (nSPS) is 12.6. The number of aryl methyl sites for hydroxylation is 1. The minimum atomic E-state index is 0.713. The number of benzene rings is 2. The van der Waals surface area contributed by atoms with Gasteiger partial charge in [0.25, 0.3) is 0 Å². The summed E-state index contributed by atoms with van der Waals surface area (Å²) >= 11 is 0. The molecular weight excluding hydrogens is 314 g/mol. The molecule has 0 amide bonds. The van der Waals surface area contributed by atoms with Crippen molar-refractivity contribution in [3.63, 3.8) is 0 Å². The second kappa shape index (κ2) is 6.16. The lowest BCUT2D eigenvalue weighted by molar-refractivity contribution is 0.355. The third kappa shape index (κ3) is 2.52. The molecule has 0 saturated heterocycles. The predicted molar refractivity (Wildman–Crippen MR) is 99.0 cm³/mol. The van der Waals surface area contributed by atoms with Gasteiger partial charge in [0.1, 0.15) is 5.82 Å². The number of fused-ring (bicyclic) bond motifs is 1. The van der Waals surface area contributed by atoms with E-state index < -0.39 is 0 Å². The van der Waals surface area contributed by atoms with Gasteiger partial charge in [-0.3, -0.25) is 0 Å². The van der Waals surface area contributed by atoms with E-state index in [4.69, 9.17) is 14.6 Å². The zero-order valence-electron chi connectivity index (χ0n) is 14.7. The molecule has 0 atom stereocenters. The molecule has 2 heterocycles. The summed E-state index contributed by atoms with van der Waals surface area (Å²) < 4.78 is 12.8. The molecule has 0 unspecified atom stereocenters. The maximum atomic E-state index is 5.45. The molecule has 3 aromatic rings. The van der Waals surface area contributed by atoms with Crippen LogP contribution in [0.4, 0.5) is 5.82 Å². The van der Waals surface area contributed by atoms with Gasteiger partial charge in [0.2, 0.25) is 0 Å². The van der Waals surface area contributed by atoms with Gasteiger partial charge in [-0.2, -0.15) is 5.10 Å². The number of rotatable bonds is 4. The van der Waals surface area contributed by atoms with E-state index in [0.717, 1.165) is 41.5 Å². The van der Waals surface area contributed by atoms with Gasteiger partial charge in [0.05, 0.1) is 25.6 Å². The third-order valence-electron chi connectivity index (χ3n) is 4.65. The topological polar surface area (TPSA) is 48.3 Å². The first-order valence-corrected chi connectivity index (χ1v) is 8.37. The zero-order chi connectivity index (χ0) is 17.4. The standard InChI is InChI=1S/C20H21N3O2/c1-13-6-4-5-7-16(13)23-20-15(10-11-21-20)19(22-23)14-8-9-17(24-2)18(12-14)25-3/h4-9,12,21H,10-11H2,1-3H3. The maximum Gasteiger partial charge on any atom is 0.161 e. The second-order valence-electron chi connectivity index (χ2n) is 6.12. The van der Waals surface area contributed by atoms with E-state index >= 15 is 0 Å². The van der Waals surface area contributed by atoms with E-state index in [1.807, 2.05) is 35.0 Å². The van der Waals surface area contributed by atoms with Crippen molar-refractivity contribution in [3.8, 4) is 28.4 Å². The number of methoxy groups -OCH3 is 2. The fourth-order valence-corrected chi connectivity index (χ4v) is 3.37. The molecule has 1 aliphatic rings. The molecule has 4 rings (SSSR count). The maximum absolute atomic E-state index is 5.45. The SMILES string of the molecule is COc1ccc(-c2nn(-c3ccccc3C)c3c2CCN3)cc1OC. The molecule has 1 aromatic heterocycles. The third-order valence-corrected chi connectivity index (χ3v) is 4.65. The van der Waals surface area contributed by atoms with E-state index in [1.54, 1.807) is 14.2 Å². The van der Waals surface area contributed by atoms with Crippen molar-refractivity contribution in [2.45, 2.75) is 13.3 Å². The van der Waals surface area contributed by atoms with E-state index in [1.165, 1.54) is 11.1 Å². The Morgan fingerprint density at radius 2 is 1.84 bits per heavy atom. The summed E-state index contributed by atoms with van der Waals surface area (Å²) in [7, 11) is 3.30. The van der Waals surface area contributed by atoms with Crippen LogP contribution in [-0.4, -0.2) is 30.5 Å². The van der Waals surface area contributed by atoms with Crippen LogP contribution in [0, 0.1) is 6.92 Å². The number of nitrogens with one attached hydrogen (secondary N) is 1. The Labute approximate surface area is 147 Å². The van der Waals surface area contributed by atoms with Crippen LogP contribution in [0.25, 0.3) is 16.9 Å². The van der Waals surface area contributed by atoms with Crippen LogP contribution >= 0.6 is 0 Å². The number of para-hydroxylation sites is 1. The van der Waals surface area contributed by atoms with Crippen LogP contribution in [0.2, 0.25) is 0 Å². The first-order valence-electron chi connectivity index (χ1n) is 8.37. The van der Waals surface area contributed by atoms with Gasteiger partial charge in [0, 0.05) is 17.7 Å². The lowest BCUT2D eigenvalue weighted by Gasteiger charge is -2.10. The Morgan fingerprint density at radius 3 is 2.60 bits per heavy atom. The van der Waals surface area contributed by atoms with Crippen LogP contribution in [-0.2, 0) is 6.42 Å². The lowest BCUT2D eigenvalue weighted by atomic mass is 10.1. The number of ether oxygens (including phenoxy) is 2. The van der Waals surface area contributed by atoms with Gasteiger partial charge in [-0.15, -0.1) is 0 Å². The zero-order valence-corrected chi connectivity index (χ0v) is 14.7. The fraction of sp³-hybridized carbons (Fsp3) is 0.250. The Bertz CT molecular complexity index is 931.